The van der Waals surface area contributed by atoms with Crippen molar-refractivity contribution in [3.8, 4) is 5.75 Å². The number of ether oxygens (including phenoxy) is 1. The van der Waals surface area contributed by atoms with Crippen LogP contribution in [0, 0.1) is 0 Å². The maximum atomic E-state index is 11.5. The van der Waals surface area contributed by atoms with Crippen LogP contribution in [-0.2, 0) is 0 Å². The average molecular weight is 292 g/mol. The normalized spacial score (nSPS) is 10.5. The largest absolute Gasteiger partial charge is 0.492 e. The first-order valence-electron chi connectivity index (χ1n) is 7.88. The standard InChI is InChI=1S/C17H28N2O2/c1-4-5-6-10-18-17(20)19-11-12-21-16-9-7-8-15(13-16)14(2)3/h7-9,13-14H,4-6,10-12H2,1-3H3,(H2,18,19,20). The molecule has 1 rings (SSSR count). The van der Waals surface area contributed by atoms with E-state index in [0.717, 1.165) is 31.6 Å². The number of urea groups is 1. The molecule has 4 nitrogen and oxygen atoms in total. The van der Waals surface area contributed by atoms with E-state index in [1.165, 1.54) is 5.56 Å². The van der Waals surface area contributed by atoms with Gasteiger partial charge < -0.3 is 15.4 Å². The Morgan fingerprint density at radius 3 is 2.67 bits per heavy atom. The van der Waals surface area contributed by atoms with E-state index in [-0.39, 0.29) is 6.03 Å². The average Bonchev–Trinajstić information content (AvgIpc) is 2.48. The molecule has 118 valence electrons. The van der Waals surface area contributed by atoms with Crippen LogP contribution in [0.25, 0.3) is 0 Å². The van der Waals surface area contributed by atoms with Gasteiger partial charge in [0.15, 0.2) is 0 Å². The van der Waals surface area contributed by atoms with Gasteiger partial charge in [0.25, 0.3) is 0 Å². The molecule has 0 radical (unpaired) electrons. The fourth-order valence-corrected chi connectivity index (χ4v) is 1.94. The minimum absolute atomic E-state index is 0.120. The van der Waals surface area contributed by atoms with Gasteiger partial charge >= 0.3 is 6.03 Å². The number of hydrogen-bond acceptors (Lipinski definition) is 2. The molecule has 0 aliphatic heterocycles. The zero-order valence-corrected chi connectivity index (χ0v) is 13.4. The lowest BCUT2D eigenvalue weighted by atomic mass is 10.0. The lowest BCUT2D eigenvalue weighted by Gasteiger charge is -2.11. The Morgan fingerprint density at radius 1 is 1.19 bits per heavy atom. The van der Waals surface area contributed by atoms with Gasteiger partial charge in [-0.05, 0) is 30.0 Å². The van der Waals surface area contributed by atoms with Gasteiger partial charge in [-0.25, -0.2) is 4.79 Å². The minimum atomic E-state index is -0.120. The number of hydrogen-bond donors (Lipinski definition) is 2. The van der Waals surface area contributed by atoms with Crippen molar-refractivity contribution in [1.29, 1.82) is 0 Å². The second-order valence-corrected chi connectivity index (χ2v) is 5.47. The smallest absolute Gasteiger partial charge is 0.314 e. The van der Waals surface area contributed by atoms with Crippen LogP contribution >= 0.6 is 0 Å². The Morgan fingerprint density at radius 2 is 1.95 bits per heavy atom. The molecule has 2 N–H and O–H groups in total. The summed E-state index contributed by atoms with van der Waals surface area (Å²) in [4.78, 5) is 11.5. The second-order valence-electron chi connectivity index (χ2n) is 5.47. The molecule has 21 heavy (non-hydrogen) atoms. The third-order valence-electron chi connectivity index (χ3n) is 3.25. The van der Waals surface area contributed by atoms with Crippen molar-refractivity contribution >= 4 is 6.03 Å². The highest BCUT2D eigenvalue weighted by Crippen LogP contribution is 2.19. The van der Waals surface area contributed by atoms with Gasteiger partial charge in [0.2, 0.25) is 0 Å². The lowest BCUT2D eigenvalue weighted by Crippen LogP contribution is -2.38. The maximum Gasteiger partial charge on any atom is 0.314 e. The van der Waals surface area contributed by atoms with Gasteiger partial charge in [-0.15, -0.1) is 0 Å². The van der Waals surface area contributed by atoms with E-state index < -0.39 is 0 Å². The fourth-order valence-electron chi connectivity index (χ4n) is 1.94. The summed E-state index contributed by atoms with van der Waals surface area (Å²) in [5.74, 6) is 1.34. The molecule has 0 spiro atoms. The molecule has 1 aromatic rings. The van der Waals surface area contributed by atoms with Crippen LogP contribution in [0.1, 0.15) is 51.5 Å². The van der Waals surface area contributed by atoms with Gasteiger partial charge in [0.1, 0.15) is 12.4 Å². The van der Waals surface area contributed by atoms with Crippen molar-refractivity contribution < 1.29 is 9.53 Å². The topological polar surface area (TPSA) is 50.4 Å². The molecule has 0 fully saturated rings. The minimum Gasteiger partial charge on any atom is -0.492 e. The predicted octanol–water partition coefficient (Wildman–Crippen LogP) is 3.68. The molecule has 0 aliphatic rings. The Hall–Kier alpha value is -1.71. The zero-order valence-electron chi connectivity index (χ0n) is 13.4. The molecule has 0 aromatic heterocycles. The molecule has 0 bridgehead atoms. The number of rotatable bonds is 9. The molecular formula is C17H28N2O2. The molecular weight excluding hydrogens is 264 g/mol. The Kier molecular flexibility index (Phi) is 8.32. The number of benzene rings is 1. The number of amides is 2. The van der Waals surface area contributed by atoms with Crippen LogP contribution in [0.3, 0.4) is 0 Å². The second kappa shape index (κ2) is 10.1. The molecule has 0 saturated heterocycles. The maximum absolute atomic E-state index is 11.5. The van der Waals surface area contributed by atoms with E-state index >= 15 is 0 Å². The van der Waals surface area contributed by atoms with Gasteiger partial charge in [-0.1, -0.05) is 45.7 Å². The summed E-state index contributed by atoms with van der Waals surface area (Å²) in [6.45, 7) is 8.17. The Bertz CT molecular complexity index is 419. The van der Waals surface area contributed by atoms with E-state index in [9.17, 15) is 4.79 Å². The van der Waals surface area contributed by atoms with E-state index in [2.05, 4.69) is 43.5 Å². The molecule has 0 saturated carbocycles. The first-order valence-corrected chi connectivity index (χ1v) is 7.88. The van der Waals surface area contributed by atoms with Gasteiger partial charge in [0, 0.05) is 6.54 Å². The molecule has 0 unspecified atom stereocenters. The van der Waals surface area contributed by atoms with Crippen molar-refractivity contribution in [2.75, 3.05) is 19.7 Å². The van der Waals surface area contributed by atoms with Crippen molar-refractivity contribution in [2.24, 2.45) is 0 Å². The summed E-state index contributed by atoms with van der Waals surface area (Å²) >= 11 is 0. The SMILES string of the molecule is CCCCCNC(=O)NCCOc1cccc(C(C)C)c1. The highest BCUT2D eigenvalue weighted by molar-refractivity contribution is 5.73. The molecule has 4 heteroatoms. The number of nitrogens with one attached hydrogen (secondary N) is 2. The summed E-state index contributed by atoms with van der Waals surface area (Å²) in [6, 6.07) is 7.97. The van der Waals surface area contributed by atoms with Gasteiger partial charge in [-0.3, -0.25) is 0 Å². The first-order chi connectivity index (χ1) is 10.1. The highest BCUT2D eigenvalue weighted by atomic mass is 16.5. The molecule has 2 amide bonds. The quantitative estimate of drug-likeness (QED) is 0.682. The fraction of sp³-hybridized carbons (Fsp3) is 0.588. The zero-order chi connectivity index (χ0) is 15.5. The summed E-state index contributed by atoms with van der Waals surface area (Å²) in [5.41, 5.74) is 1.26. The van der Waals surface area contributed by atoms with Crippen LogP contribution in [0.5, 0.6) is 5.75 Å². The highest BCUT2D eigenvalue weighted by Gasteiger charge is 2.02. The van der Waals surface area contributed by atoms with Crippen molar-refractivity contribution in [3.63, 3.8) is 0 Å². The van der Waals surface area contributed by atoms with E-state index in [0.29, 0.717) is 19.1 Å². The van der Waals surface area contributed by atoms with Crippen LogP contribution in [0.4, 0.5) is 4.79 Å². The van der Waals surface area contributed by atoms with E-state index in [4.69, 9.17) is 4.74 Å². The van der Waals surface area contributed by atoms with Crippen molar-refractivity contribution in [1.82, 2.24) is 10.6 Å². The third-order valence-corrected chi connectivity index (χ3v) is 3.25. The van der Waals surface area contributed by atoms with Crippen LogP contribution in [-0.4, -0.2) is 25.7 Å². The number of unbranched alkanes of at least 4 members (excludes halogenated alkanes) is 2. The van der Waals surface area contributed by atoms with Crippen LogP contribution < -0.4 is 15.4 Å². The Balaban J connectivity index is 2.16. The third kappa shape index (κ3) is 7.59. The molecule has 0 heterocycles. The first kappa shape index (κ1) is 17.3. The summed E-state index contributed by atoms with van der Waals surface area (Å²) < 4.78 is 5.65. The van der Waals surface area contributed by atoms with Crippen molar-refractivity contribution in [3.05, 3.63) is 29.8 Å². The molecule has 1 aromatic carbocycles. The summed E-state index contributed by atoms with van der Waals surface area (Å²) in [6.07, 6.45) is 3.34. The van der Waals surface area contributed by atoms with Gasteiger partial charge in [0.05, 0.1) is 6.54 Å². The van der Waals surface area contributed by atoms with E-state index in [1.54, 1.807) is 0 Å². The van der Waals surface area contributed by atoms with Crippen LogP contribution in [0.2, 0.25) is 0 Å². The van der Waals surface area contributed by atoms with Crippen LogP contribution in [0.15, 0.2) is 24.3 Å². The molecule has 0 aliphatic carbocycles. The summed E-state index contributed by atoms with van der Waals surface area (Å²) in [5, 5.41) is 5.63. The van der Waals surface area contributed by atoms with Gasteiger partial charge in [-0.2, -0.15) is 0 Å². The number of carbonyl (C=O) groups is 1. The lowest BCUT2D eigenvalue weighted by molar-refractivity contribution is 0.236. The monoisotopic (exact) mass is 292 g/mol. The van der Waals surface area contributed by atoms with E-state index in [1.807, 2.05) is 12.1 Å². The van der Waals surface area contributed by atoms with Crippen molar-refractivity contribution in [2.45, 2.75) is 46.0 Å². The number of carbonyl (C=O) groups excluding carboxylic acids is 1. The summed E-state index contributed by atoms with van der Waals surface area (Å²) in [7, 11) is 0. The molecule has 0 atom stereocenters. The Labute approximate surface area is 128 Å². The predicted molar refractivity (Wildman–Crippen MR) is 87.0 cm³/mol.